The van der Waals surface area contributed by atoms with Crippen LogP contribution in [0.25, 0.3) is 0 Å². The van der Waals surface area contributed by atoms with E-state index in [2.05, 4.69) is 29.8 Å². The van der Waals surface area contributed by atoms with E-state index >= 15 is 0 Å². The minimum absolute atomic E-state index is 0.431. The van der Waals surface area contributed by atoms with Gasteiger partial charge in [0.05, 0.1) is 23.7 Å². The first kappa shape index (κ1) is 13.3. The highest BCUT2D eigenvalue weighted by Crippen LogP contribution is 2.32. The summed E-state index contributed by atoms with van der Waals surface area (Å²) in [6.07, 6.45) is 4.63. The Bertz CT molecular complexity index is 376. The van der Waals surface area contributed by atoms with Crippen molar-refractivity contribution in [3.05, 3.63) is 24.0 Å². The average Bonchev–Trinajstić information content (AvgIpc) is 2.38. The third-order valence-corrected chi connectivity index (χ3v) is 3.98. The number of hydrogen-bond donors (Lipinski definition) is 1. The highest BCUT2D eigenvalue weighted by atomic mass is 16.3. The van der Waals surface area contributed by atoms with Gasteiger partial charge in [0, 0.05) is 13.1 Å². The van der Waals surface area contributed by atoms with Crippen LogP contribution < -0.4 is 4.90 Å². The van der Waals surface area contributed by atoms with Crippen LogP contribution in [0.1, 0.15) is 51.8 Å². The fourth-order valence-electron chi connectivity index (χ4n) is 2.36. The lowest BCUT2D eigenvalue weighted by Crippen LogP contribution is -2.37. The molecule has 2 rings (SSSR count). The fraction of sp³-hybridized carbons (Fsp3) is 0.667. The number of hydrogen-bond acceptors (Lipinski definition) is 3. The summed E-state index contributed by atoms with van der Waals surface area (Å²) in [5.74, 6) is 0. The summed E-state index contributed by atoms with van der Waals surface area (Å²) in [4.78, 5) is 6.76. The van der Waals surface area contributed by atoms with Crippen LogP contribution in [0.5, 0.6) is 0 Å². The van der Waals surface area contributed by atoms with E-state index in [1.54, 1.807) is 0 Å². The van der Waals surface area contributed by atoms with Gasteiger partial charge in [-0.15, -0.1) is 0 Å². The molecule has 3 heteroatoms. The molecule has 1 aliphatic heterocycles. The molecule has 0 aliphatic carbocycles. The molecular weight excluding hydrogens is 224 g/mol. The van der Waals surface area contributed by atoms with E-state index in [9.17, 15) is 5.11 Å². The summed E-state index contributed by atoms with van der Waals surface area (Å²) in [5.41, 5.74) is 2.43. The van der Waals surface area contributed by atoms with Crippen LogP contribution in [0.2, 0.25) is 0 Å². The minimum Gasteiger partial charge on any atom is -0.387 e. The van der Waals surface area contributed by atoms with Gasteiger partial charge in [0.1, 0.15) is 0 Å². The van der Waals surface area contributed by atoms with E-state index in [-0.39, 0.29) is 0 Å². The van der Waals surface area contributed by atoms with Crippen LogP contribution in [-0.2, 0) is 0 Å². The zero-order chi connectivity index (χ0) is 13.2. The van der Waals surface area contributed by atoms with E-state index < -0.39 is 6.10 Å². The van der Waals surface area contributed by atoms with Gasteiger partial charge in [-0.2, -0.15) is 0 Å². The molecule has 1 aliphatic rings. The number of aliphatic hydroxyl groups excluding tert-OH is 1. The summed E-state index contributed by atoms with van der Waals surface area (Å²) < 4.78 is 0. The van der Waals surface area contributed by atoms with Crippen LogP contribution in [0.15, 0.2) is 18.3 Å². The van der Waals surface area contributed by atoms with Crippen LogP contribution in [0.4, 0.5) is 5.69 Å². The summed E-state index contributed by atoms with van der Waals surface area (Å²) >= 11 is 0. The quantitative estimate of drug-likeness (QED) is 0.892. The van der Waals surface area contributed by atoms with E-state index in [4.69, 9.17) is 0 Å². The van der Waals surface area contributed by atoms with Crippen molar-refractivity contribution in [2.24, 2.45) is 5.41 Å². The van der Waals surface area contributed by atoms with Gasteiger partial charge in [0.2, 0.25) is 0 Å². The number of anilines is 1. The van der Waals surface area contributed by atoms with Crippen molar-refractivity contribution in [3.8, 4) is 0 Å². The second-order valence-electron chi connectivity index (χ2n) is 6.02. The fourth-order valence-corrected chi connectivity index (χ4v) is 2.36. The molecule has 3 nitrogen and oxygen atoms in total. The molecule has 0 amide bonds. The molecule has 18 heavy (non-hydrogen) atoms. The SMILES string of the molecule is CCC(O)c1ccc(N2CCC(C)(C)CC2)cn1. The molecule has 1 N–H and O–H groups in total. The molecule has 1 aromatic heterocycles. The van der Waals surface area contributed by atoms with Crippen molar-refractivity contribution in [1.82, 2.24) is 4.98 Å². The van der Waals surface area contributed by atoms with Crippen molar-refractivity contribution < 1.29 is 5.11 Å². The molecule has 2 heterocycles. The van der Waals surface area contributed by atoms with Crippen molar-refractivity contribution in [2.45, 2.75) is 46.1 Å². The first-order chi connectivity index (χ1) is 8.52. The minimum atomic E-state index is -0.431. The Hall–Kier alpha value is -1.09. The highest BCUT2D eigenvalue weighted by Gasteiger charge is 2.25. The molecule has 1 aromatic rings. The lowest BCUT2D eigenvalue weighted by Gasteiger charge is -2.38. The maximum Gasteiger partial charge on any atom is 0.0957 e. The molecular formula is C15H24N2O. The molecule has 100 valence electrons. The number of rotatable bonds is 3. The average molecular weight is 248 g/mol. The van der Waals surface area contributed by atoms with E-state index in [0.717, 1.165) is 18.8 Å². The molecule has 1 saturated heterocycles. The lowest BCUT2D eigenvalue weighted by atomic mass is 9.82. The van der Waals surface area contributed by atoms with Gasteiger partial charge in [-0.1, -0.05) is 20.8 Å². The predicted molar refractivity (Wildman–Crippen MR) is 74.7 cm³/mol. The van der Waals surface area contributed by atoms with Gasteiger partial charge in [0.15, 0.2) is 0 Å². The Morgan fingerprint density at radius 3 is 2.50 bits per heavy atom. The summed E-state index contributed by atoms with van der Waals surface area (Å²) in [7, 11) is 0. The summed E-state index contributed by atoms with van der Waals surface area (Å²) in [6, 6.07) is 4.03. The van der Waals surface area contributed by atoms with Crippen LogP contribution in [-0.4, -0.2) is 23.2 Å². The Kier molecular flexibility index (Phi) is 3.91. The number of pyridine rings is 1. The van der Waals surface area contributed by atoms with Crippen LogP contribution >= 0.6 is 0 Å². The first-order valence-corrected chi connectivity index (χ1v) is 6.91. The molecule has 0 aromatic carbocycles. The number of piperidine rings is 1. The number of nitrogens with zero attached hydrogens (tertiary/aromatic N) is 2. The maximum atomic E-state index is 9.72. The van der Waals surface area contributed by atoms with Crippen molar-refractivity contribution >= 4 is 5.69 Å². The van der Waals surface area contributed by atoms with E-state index in [1.807, 2.05) is 19.2 Å². The molecule has 1 atom stereocenters. The summed E-state index contributed by atoms with van der Waals surface area (Å²) in [6.45, 7) is 8.84. The molecule has 0 spiro atoms. The molecule has 0 bridgehead atoms. The molecule has 0 saturated carbocycles. The van der Waals surface area contributed by atoms with Gasteiger partial charge in [-0.25, -0.2) is 0 Å². The summed E-state index contributed by atoms with van der Waals surface area (Å²) in [5, 5.41) is 9.72. The Labute approximate surface area is 110 Å². The van der Waals surface area contributed by atoms with Crippen LogP contribution in [0, 0.1) is 5.41 Å². The van der Waals surface area contributed by atoms with E-state index in [1.165, 1.54) is 18.5 Å². The maximum absolute atomic E-state index is 9.72. The zero-order valence-electron chi connectivity index (χ0n) is 11.7. The normalized spacial score (nSPS) is 20.8. The van der Waals surface area contributed by atoms with Crippen molar-refractivity contribution in [3.63, 3.8) is 0 Å². The van der Waals surface area contributed by atoms with Gasteiger partial charge >= 0.3 is 0 Å². The highest BCUT2D eigenvalue weighted by molar-refractivity contribution is 5.45. The largest absolute Gasteiger partial charge is 0.387 e. The van der Waals surface area contributed by atoms with Crippen molar-refractivity contribution in [2.75, 3.05) is 18.0 Å². The monoisotopic (exact) mass is 248 g/mol. The number of aliphatic hydroxyl groups is 1. The van der Waals surface area contributed by atoms with Crippen LogP contribution in [0.3, 0.4) is 0 Å². The lowest BCUT2D eigenvalue weighted by molar-refractivity contribution is 0.169. The third kappa shape index (κ3) is 3.02. The van der Waals surface area contributed by atoms with E-state index in [0.29, 0.717) is 11.8 Å². The van der Waals surface area contributed by atoms with Gasteiger partial charge in [-0.3, -0.25) is 4.98 Å². The first-order valence-electron chi connectivity index (χ1n) is 6.91. The van der Waals surface area contributed by atoms with Crippen molar-refractivity contribution in [1.29, 1.82) is 0 Å². The topological polar surface area (TPSA) is 36.4 Å². The predicted octanol–water partition coefficient (Wildman–Crippen LogP) is 3.15. The molecule has 1 fully saturated rings. The second kappa shape index (κ2) is 5.27. The molecule has 1 unspecified atom stereocenters. The standard InChI is InChI=1S/C15H24N2O/c1-4-14(18)13-6-5-12(11-16-13)17-9-7-15(2,3)8-10-17/h5-6,11,14,18H,4,7-10H2,1-3H3. The molecule has 0 radical (unpaired) electrons. The Morgan fingerprint density at radius 2 is 2.00 bits per heavy atom. The van der Waals surface area contributed by atoms with Gasteiger partial charge < -0.3 is 10.0 Å². The van der Waals surface area contributed by atoms with Gasteiger partial charge in [0.25, 0.3) is 0 Å². The smallest absolute Gasteiger partial charge is 0.0957 e. The Morgan fingerprint density at radius 1 is 1.33 bits per heavy atom. The van der Waals surface area contributed by atoms with Gasteiger partial charge in [-0.05, 0) is 36.8 Å². The zero-order valence-corrected chi connectivity index (χ0v) is 11.7. The Balaban J connectivity index is 2.02. The second-order valence-corrected chi connectivity index (χ2v) is 6.02. The number of aromatic nitrogens is 1. The third-order valence-electron chi connectivity index (χ3n) is 3.98.